The molecular weight excluding hydrogens is 472 g/mol. The summed E-state index contributed by atoms with van der Waals surface area (Å²) < 4.78 is 0. The third kappa shape index (κ3) is 3.98. The standard InChI is InChI=1S/C33H38N2O3/c1-32-19-17-22(31(37)38)21-23(32)13-14-26-27-15-16-29(33(27,2)20-18-28(26)32)30(36)34-35(24-9-5-3-6-10-24)25-11-7-4-8-12-25/h3-13,21,26-29H,14-20H2,1-2H3,(H,34,36)(H,37,38)/t26-,27-,28-,29+,32-,33-/m0/s1. The van der Waals surface area contributed by atoms with Gasteiger partial charge in [0.1, 0.15) is 0 Å². The van der Waals surface area contributed by atoms with Gasteiger partial charge in [0, 0.05) is 11.5 Å². The minimum atomic E-state index is -0.781. The Bertz CT molecular complexity index is 1250. The number of rotatable bonds is 5. The summed E-state index contributed by atoms with van der Waals surface area (Å²) in [6.45, 7) is 4.73. The molecule has 4 aliphatic carbocycles. The normalized spacial score (nSPS) is 33.6. The highest BCUT2D eigenvalue weighted by molar-refractivity contribution is 5.87. The largest absolute Gasteiger partial charge is 0.478 e. The number of carboxylic acid groups (broad SMARTS) is 1. The minimum absolute atomic E-state index is 0.0218. The lowest BCUT2D eigenvalue weighted by Crippen LogP contribution is -2.52. The van der Waals surface area contributed by atoms with Gasteiger partial charge in [-0.05, 0) is 109 Å². The number of nitrogens with zero attached hydrogens (tertiary/aromatic N) is 1. The monoisotopic (exact) mass is 510 g/mol. The van der Waals surface area contributed by atoms with Crippen LogP contribution in [0.25, 0.3) is 0 Å². The van der Waals surface area contributed by atoms with Crippen LogP contribution >= 0.6 is 0 Å². The van der Waals surface area contributed by atoms with Crippen molar-refractivity contribution < 1.29 is 14.7 Å². The molecule has 0 radical (unpaired) electrons. The van der Waals surface area contributed by atoms with Crippen molar-refractivity contribution in [2.75, 3.05) is 5.01 Å². The fraction of sp³-hybridized carbons (Fsp3) is 0.455. The van der Waals surface area contributed by atoms with Crippen LogP contribution in [-0.4, -0.2) is 17.0 Å². The average Bonchev–Trinajstić information content (AvgIpc) is 3.29. The molecule has 5 nitrogen and oxygen atoms in total. The van der Waals surface area contributed by atoms with E-state index >= 15 is 0 Å². The van der Waals surface area contributed by atoms with Crippen molar-refractivity contribution in [1.29, 1.82) is 0 Å². The molecule has 0 unspecified atom stereocenters. The van der Waals surface area contributed by atoms with E-state index in [0.29, 0.717) is 29.7 Å². The van der Waals surface area contributed by atoms with E-state index in [1.54, 1.807) is 0 Å². The van der Waals surface area contributed by atoms with Gasteiger partial charge in [0.15, 0.2) is 0 Å². The molecule has 0 heterocycles. The molecule has 4 aliphatic rings. The first-order valence-corrected chi connectivity index (χ1v) is 14.2. The van der Waals surface area contributed by atoms with Gasteiger partial charge in [-0.1, -0.05) is 56.3 Å². The number of hydrogen-bond acceptors (Lipinski definition) is 3. The zero-order valence-corrected chi connectivity index (χ0v) is 22.4. The topological polar surface area (TPSA) is 69.6 Å². The van der Waals surface area contributed by atoms with Gasteiger partial charge in [-0.3, -0.25) is 15.2 Å². The Morgan fingerprint density at radius 2 is 1.55 bits per heavy atom. The molecule has 0 spiro atoms. The van der Waals surface area contributed by atoms with Gasteiger partial charge in [-0.15, -0.1) is 0 Å². The van der Waals surface area contributed by atoms with Crippen LogP contribution in [-0.2, 0) is 9.59 Å². The van der Waals surface area contributed by atoms with Crippen LogP contribution in [0.3, 0.4) is 0 Å². The maximum Gasteiger partial charge on any atom is 0.331 e. The Morgan fingerprint density at radius 1 is 0.895 bits per heavy atom. The number of carbonyl (C=O) groups is 2. The third-order valence-corrected chi connectivity index (χ3v) is 10.6. The summed E-state index contributed by atoms with van der Waals surface area (Å²) in [7, 11) is 0. The first kappa shape index (κ1) is 25.0. The summed E-state index contributed by atoms with van der Waals surface area (Å²) in [6.07, 6.45) is 11.0. The number of carbonyl (C=O) groups excluding carboxylic acids is 1. The Labute approximate surface area is 225 Å². The van der Waals surface area contributed by atoms with E-state index in [-0.39, 0.29) is 22.7 Å². The highest BCUT2D eigenvalue weighted by Crippen LogP contribution is 2.66. The van der Waals surface area contributed by atoms with Gasteiger partial charge in [0.2, 0.25) is 5.91 Å². The fourth-order valence-electron chi connectivity index (χ4n) is 8.55. The molecule has 2 aromatic rings. The van der Waals surface area contributed by atoms with Gasteiger partial charge in [-0.2, -0.15) is 0 Å². The maximum atomic E-state index is 14.0. The van der Waals surface area contributed by atoms with Crippen LogP contribution in [0.2, 0.25) is 0 Å². The van der Waals surface area contributed by atoms with E-state index in [0.717, 1.165) is 49.9 Å². The predicted octanol–water partition coefficient (Wildman–Crippen LogP) is 7.06. The van der Waals surface area contributed by atoms with E-state index in [1.165, 1.54) is 5.57 Å². The van der Waals surface area contributed by atoms with E-state index in [4.69, 9.17) is 0 Å². The number of benzene rings is 2. The van der Waals surface area contributed by atoms with Crippen LogP contribution in [0.15, 0.2) is 84.0 Å². The molecule has 2 N–H and O–H groups in total. The lowest BCUT2D eigenvalue weighted by Gasteiger charge is -2.57. The lowest BCUT2D eigenvalue weighted by molar-refractivity contribution is -0.133. The molecule has 198 valence electrons. The number of allylic oxidation sites excluding steroid dienone is 3. The summed E-state index contributed by atoms with van der Waals surface area (Å²) in [5, 5.41) is 11.5. The molecule has 0 bridgehead atoms. The van der Waals surface area contributed by atoms with Gasteiger partial charge in [0.25, 0.3) is 0 Å². The van der Waals surface area contributed by atoms with Crippen LogP contribution in [0.5, 0.6) is 0 Å². The van der Waals surface area contributed by atoms with E-state index in [9.17, 15) is 14.7 Å². The lowest BCUT2D eigenvalue weighted by atomic mass is 9.48. The fourth-order valence-corrected chi connectivity index (χ4v) is 8.55. The summed E-state index contributed by atoms with van der Waals surface area (Å²) in [5.41, 5.74) is 7.00. The van der Waals surface area contributed by atoms with Crippen LogP contribution in [0, 0.1) is 34.5 Å². The number of hydrogen-bond donors (Lipinski definition) is 2. The molecular formula is C33H38N2O3. The second-order valence-corrected chi connectivity index (χ2v) is 12.3. The molecule has 0 aromatic heterocycles. The second-order valence-electron chi connectivity index (χ2n) is 12.3. The SMILES string of the molecule is C[C@]12CC[C@H]3[C@@H](CC=C4C=C(C(=O)O)CC[C@@]43C)[C@@H]1CC[C@@H]2C(=O)NN(c1ccccc1)c1ccccc1. The summed E-state index contributed by atoms with van der Waals surface area (Å²) in [4.78, 5) is 25.6. The molecule has 38 heavy (non-hydrogen) atoms. The number of fused-ring (bicyclic) bond motifs is 5. The zero-order valence-electron chi connectivity index (χ0n) is 22.4. The molecule has 6 rings (SSSR count). The Kier molecular flexibility index (Phi) is 6.20. The maximum absolute atomic E-state index is 14.0. The van der Waals surface area contributed by atoms with Gasteiger partial charge in [0.05, 0.1) is 11.4 Å². The van der Waals surface area contributed by atoms with Gasteiger partial charge >= 0.3 is 5.97 Å². The van der Waals surface area contributed by atoms with Crippen LogP contribution in [0.4, 0.5) is 11.4 Å². The highest BCUT2D eigenvalue weighted by atomic mass is 16.4. The quantitative estimate of drug-likeness (QED) is 0.423. The minimum Gasteiger partial charge on any atom is -0.478 e. The van der Waals surface area contributed by atoms with Gasteiger partial charge in [-0.25, -0.2) is 4.79 Å². The van der Waals surface area contributed by atoms with Crippen molar-refractivity contribution in [2.24, 2.45) is 34.5 Å². The number of aliphatic carboxylic acids is 1. The van der Waals surface area contributed by atoms with Crippen LogP contribution in [0.1, 0.15) is 58.8 Å². The summed E-state index contributed by atoms with van der Waals surface area (Å²) in [6, 6.07) is 20.1. The molecule has 0 aliphatic heterocycles. The number of carboxylic acids is 1. The zero-order chi connectivity index (χ0) is 26.5. The highest BCUT2D eigenvalue weighted by Gasteiger charge is 2.59. The average molecular weight is 511 g/mol. The number of hydrazine groups is 1. The smallest absolute Gasteiger partial charge is 0.331 e. The van der Waals surface area contributed by atoms with Crippen molar-refractivity contribution in [3.63, 3.8) is 0 Å². The summed E-state index contributed by atoms with van der Waals surface area (Å²) >= 11 is 0. The third-order valence-electron chi connectivity index (χ3n) is 10.6. The number of para-hydroxylation sites is 2. The van der Waals surface area contributed by atoms with Crippen molar-refractivity contribution in [1.82, 2.24) is 5.43 Å². The first-order chi connectivity index (χ1) is 18.3. The second kappa shape index (κ2) is 9.44. The Balaban J connectivity index is 1.25. The molecule has 2 fully saturated rings. The Morgan fingerprint density at radius 3 is 2.18 bits per heavy atom. The van der Waals surface area contributed by atoms with Crippen molar-refractivity contribution in [3.05, 3.63) is 84.0 Å². The molecule has 0 saturated heterocycles. The number of nitrogens with one attached hydrogen (secondary N) is 1. The molecule has 5 heteroatoms. The molecule has 6 atom stereocenters. The van der Waals surface area contributed by atoms with Crippen molar-refractivity contribution in [2.45, 2.75) is 58.8 Å². The molecule has 2 aromatic carbocycles. The van der Waals surface area contributed by atoms with Crippen molar-refractivity contribution >= 4 is 23.3 Å². The molecule has 2 saturated carbocycles. The number of anilines is 2. The van der Waals surface area contributed by atoms with E-state index < -0.39 is 5.97 Å². The Hall–Kier alpha value is -3.34. The van der Waals surface area contributed by atoms with Crippen molar-refractivity contribution in [3.8, 4) is 0 Å². The number of amides is 1. The van der Waals surface area contributed by atoms with Gasteiger partial charge < -0.3 is 5.11 Å². The predicted molar refractivity (Wildman–Crippen MR) is 149 cm³/mol. The van der Waals surface area contributed by atoms with Crippen LogP contribution < -0.4 is 10.4 Å². The first-order valence-electron chi connectivity index (χ1n) is 14.2. The summed E-state index contributed by atoms with van der Waals surface area (Å²) in [5.74, 6) is 0.936. The van der Waals surface area contributed by atoms with E-state index in [1.807, 2.05) is 71.7 Å². The van der Waals surface area contributed by atoms with E-state index in [2.05, 4.69) is 25.3 Å². The molecule has 1 amide bonds.